The van der Waals surface area contributed by atoms with E-state index in [-0.39, 0.29) is 31.2 Å². The van der Waals surface area contributed by atoms with Crippen molar-refractivity contribution in [2.75, 3.05) is 13.2 Å². The summed E-state index contributed by atoms with van der Waals surface area (Å²) in [4.78, 5) is 34.8. The molecule has 0 N–H and O–H groups in total. The minimum absolute atomic E-state index is 0.106. The first-order valence-corrected chi connectivity index (χ1v) is 7.04. The van der Waals surface area contributed by atoms with Crippen LogP contribution in [0.1, 0.15) is 53.8 Å². The molecule has 0 radical (unpaired) electrons. The van der Waals surface area contributed by atoms with E-state index in [9.17, 15) is 14.4 Å². The van der Waals surface area contributed by atoms with Crippen molar-refractivity contribution in [1.82, 2.24) is 0 Å². The summed E-state index contributed by atoms with van der Waals surface area (Å²) in [5.74, 6) is -0.852. The predicted octanol–water partition coefficient (Wildman–Crippen LogP) is 2.78. The molecule has 1 aromatic rings. The Morgan fingerprint density at radius 2 is 1.62 bits per heavy atom. The summed E-state index contributed by atoms with van der Waals surface area (Å²) in [6.45, 7) is 4.09. The van der Waals surface area contributed by atoms with Gasteiger partial charge in [0, 0.05) is 18.4 Å². The van der Waals surface area contributed by atoms with Gasteiger partial charge in [0.15, 0.2) is 5.78 Å². The van der Waals surface area contributed by atoms with Crippen molar-refractivity contribution in [1.29, 1.82) is 0 Å². The largest absolute Gasteiger partial charge is 0.466 e. The van der Waals surface area contributed by atoms with Gasteiger partial charge in [-0.25, -0.2) is 4.79 Å². The lowest BCUT2D eigenvalue weighted by atomic mass is 10.0. The van der Waals surface area contributed by atoms with Gasteiger partial charge in [0.2, 0.25) is 0 Å². The second-order valence-corrected chi connectivity index (χ2v) is 4.38. The van der Waals surface area contributed by atoms with E-state index in [1.54, 1.807) is 32.0 Å². The standard InChI is InChI=1S/C16H20O5/c1-3-20-15(18)10-6-9-14(17)12-7-5-8-13(11-12)16(19)21-4-2/h5,7-8,11H,3-4,6,9-10H2,1-2H3. The summed E-state index contributed by atoms with van der Waals surface area (Å²) in [5.41, 5.74) is 0.803. The number of carbonyl (C=O) groups excluding carboxylic acids is 3. The summed E-state index contributed by atoms with van der Waals surface area (Å²) in [5, 5.41) is 0. The molecule has 1 aromatic carbocycles. The number of benzene rings is 1. The number of carbonyl (C=O) groups is 3. The second-order valence-electron chi connectivity index (χ2n) is 4.38. The summed E-state index contributed by atoms with van der Waals surface area (Å²) in [6.07, 6.45) is 0.892. The maximum Gasteiger partial charge on any atom is 0.338 e. The number of ketones is 1. The normalized spacial score (nSPS) is 10.0. The second kappa shape index (κ2) is 8.89. The summed E-state index contributed by atoms with van der Waals surface area (Å²) in [7, 11) is 0. The minimum atomic E-state index is -0.446. The third kappa shape index (κ3) is 5.77. The third-order valence-corrected chi connectivity index (χ3v) is 2.79. The Morgan fingerprint density at radius 1 is 0.952 bits per heavy atom. The van der Waals surface area contributed by atoms with Crippen molar-refractivity contribution in [3.8, 4) is 0 Å². The zero-order valence-electron chi connectivity index (χ0n) is 12.4. The Kier molecular flexibility index (Phi) is 7.15. The lowest BCUT2D eigenvalue weighted by Gasteiger charge is -2.05. The molecule has 5 heteroatoms. The molecule has 0 aromatic heterocycles. The van der Waals surface area contributed by atoms with Crippen LogP contribution in [-0.4, -0.2) is 30.9 Å². The van der Waals surface area contributed by atoms with Gasteiger partial charge < -0.3 is 9.47 Å². The van der Waals surface area contributed by atoms with Crippen LogP contribution in [-0.2, 0) is 14.3 Å². The van der Waals surface area contributed by atoms with Crippen LogP contribution in [0.4, 0.5) is 0 Å². The van der Waals surface area contributed by atoms with Crippen LogP contribution < -0.4 is 0 Å². The summed E-state index contributed by atoms with van der Waals surface area (Å²) < 4.78 is 9.69. The van der Waals surface area contributed by atoms with Gasteiger partial charge in [0.25, 0.3) is 0 Å². The van der Waals surface area contributed by atoms with Gasteiger partial charge in [-0.1, -0.05) is 12.1 Å². The monoisotopic (exact) mass is 292 g/mol. The summed E-state index contributed by atoms with van der Waals surface area (Å²) in [6, 6.07) is 6.42. The predicted molar refractivity (Wildman–Crippen MR) is 77.2 cm³/mol. The highest BCUT2D eigenvalue weighted by atomic mass is 16.5. The van der Waals surface area contributed by atoms with Gasteiger partial charge in [-0.2, -0.15) is 0 Å². The van der Waals surface area contributed by atoms with Crippen molar-refractivity contribution in [2.24, 2.45) is 0 Å². The quantitative estimate of drug-likeness (QED) is 0.544. The number of ether oxygens (including phenoxy) is 2. The molecule has 0 unspecified atom stereocenters. The topological polar surface area (TPSA) is 69.7 Å². The fourth-order valence-electron chi connectivity index (χ4n) is 1.80. The maximum atomic E-state index is 12.0. The SMILES string of the molecule is CCOC(=O)CCCC(=O)c1cccc(C(=O)OCC)c1. The molecule has 0 heterocycles. The van der Waals surface area contributed by atoms with E-state index in [1.165, 1.54) is 6.07 Å². The molecule has 0 aliphatic rings. The van der Waals surface area contributed by atoms with E-state index < -0.39 is 5.97 Å². The Morgan fingerprint density at radius 3 is 2.29 bits per heavy atom. The molecule has 0 atom stereocenters. The molecule has 21 heavy (non-hydrogen) atoms. The van der Waals surface area contributed by atoms with E-state index in [1.807, 2.05) is 0 Å². The molecule has 5 nitrogen and oxygen atoms in total. The minimum Gasteiger partial charge on any atom is -0.466 e. The van der Waals surface area contributed by atoms with Gasteiger partial charge in [-0.05, 0) is 32.4 Å². The molecule has 0 saturated heterocycles. The highest BCUT2D eigenvalue weighted by Crippen LogP contribution is 2.11. The zero-order chi connectivity index (χ0) is 15.7. The van der Waals surface area contributed by atoms with Gasteiger partial charge in [-0.3, -0.25) is 9.59 Å². The number of hydrogen-bond acceptors (Lipinski definition) is 5. The first kappa shape index (κ1) is 16.9. The van der Waals surface area contributed by atoms with Gasteiger partial charge >= 0.3 is 11.9 Å². The van der Waals surface area contributed by atoms with Crippen LogP contribution in [0.3, 0.4) is 0 Å². The molecule has 0 aliphatic heterocycles. The van der Waals surface area contributed by atoms with Gasteiger partial charge in [0.05, 0.1) is 18.8 Å². The first-order chi connectivity index (χ1) is 10.1. The highest BCUT2D eigenvalue weighted by Gasteiger charge is 2.12. The Labute approximate surface area is 124 Å². The van der Waals surface area contributed by atoms with Crippen LogP contribution in [0.25, 0.3) is 0 Å². The third-order valence-electron chi connectivity index (χ3n) is 2.79. The Hall–Kier alpha value is -2.17. The van der Waals surface area contributed by atoms with Crippen molar-refractivity contribution in [3.05, 3.63) is 35.4 Å². The van der Waals surface area contributed by atoms with Gasteiger partial charge in [0.1, 0.15) is 0 Å². The van der Waals surface area contributed by atoms with Crippen molar-refractivity contribution in [2.45, 2.75) is 33.1 Å². The van der Waals surface area contributed by atoms with E-state index in [2.05, 4.69) is 0 Å². The Bertz CT molecular complexity index is 507. The first-order valence-electron chi connectivity index (χ1n) is 7.04. The lowest BCUT2D eigenvalue weighted by molar-refractivity contribution is -0.143. The van der Waals surface area contributed by atoms with Crippen molar-refractivity contribution in [3.63, 3.8) is 0 Å². The van der Waals surface area contributed by atoms with E-state index in [4.69, 9.17) is 9.47 Å². The highest BCUT2D eigenvalue weighted by molar-refractivity contribution is 5.99. The van der Waals surface area contributed by atoms with Crippen LogP contribution >= 0.6 is 0 Å². The van der Waals surface area contributed by atoms with E-state index in [0.29, 0.717) is 24.2 Å². The molecule has 0 aliphatic carbocycles. The maximum absolute atomic E-state index is 12.0. The fourth-order valence-corrected chi connectivity index (χ4v) is 1.80. The van der Waals surface area contributed by atoms with Crippen molar-refractivity contribution >= 4 is 17.7 Å². The fraction of sp³-hybridized carbons (Fsp3) is 0.438. The van der Waals surface area contributed by atoms with E-state index in [0.717, 1.165) is 0 Å². The number of esters is 2. The number of rotatable bonds is 8. The number of Topliss-reactive ketones (excluding diaryl/α,β-unsaturated/α-hetero) is 1. The molecule has 0 spiro atoms. The molecule has 0 bridgehead atoms. The Balaban J connectivity index is 2.56. The number of hydrogen-bond donors (Lipinski definition) is 0. The van der Waals surface area contributed by atoms with Crippen LogP contribution in [0, 0.1) is 0 Å². The van der Waals surface area contributed by atoms with Crippen LogP contribution in [0.5, 0.6) is 0 Å². The molecule has 0 fully saturated rings. The average Bonchev–Trinajstić information content (AvgIpc) is 2.48. The average molecular weight is 292 g/mol. The molecule has 1 rings (SSSR count). The summed E-state index contributed by atoms with van der Waals surface area (Å²) >= 11 is 0. The van der Waals surface area contributed by atoms with Gasteiger partial charge in [-0.15, -0.1) is 0 Å². The van der Waals surface area contributed by atoms with Crippen LogP contribution in [0.15, 0.2) is 24.3 Å². The zero-order valence-corrected chi connectivity index (χ0v) is 12.4. The lowest BCUT2D eigenvalue weighted by Crippen LogP contribution is -2.08. The van der Waals surface area contributed by atoms with Crippen LogP contribution in [0.2, 0.25) is 0 Å². The molecular formula is C16H20O5. The molecule has 0 saturated carbocycles. The van der Waals surface area contributed by atoms with Crippen molar-refractivity contribution < 1.29 is 23.9 Å². The molecular weight excluding hydrogens is 272 g/mol. The smallest absolute Gasteiger partial charge is 0.338 e. The van der Waals surface area contributed by atoms with E-state index >= 15 is 0 Å². The molecule has 114 valence electrons. The molecule has 0 amide bonds.